The first-order chi connectivity index (χ1) is 10.3. The molecule has 0 fully saturated rings. The monoisotopic (exact) mass is 303 g/mol. The van der Waals surface area contributed by atoms with Gasteiger partial charge in [0.2, 0.25) is 0 Å². The maximum atomic E-state index is 8.83. The molecular formula is C14H14ClN5O. The molecule has 0 unspecified atom stereocenters. The molecule has 0 N–H and O–H groups in total. The van der Waals surface area contributed by atoms with Crippen LogP contribution < -0.4 is 9.64 Å². The van der Waals surface area contributed by atoms with Crippen LogP contribution in [0.5, 0.6) is 5.75 Å². The van der Waals surface area contributed by atoms with Gasteiger partial charge in [-0.15, -0.1) is 0 Å². The van der Waals surface area contributed by atoms with Crippen LogP contribution in [-0.4, -0.2) is 28.6 Å². The molecule has 2 aromatic rings. The normalized spacial score (nSPS) is 9.95. The molecule has 0 saturated carbocycles. The maximum absolute atomic E-state index is 8.83. The number of ether oxygens (including phenoxy) is 1. The molecule has 0 spiro atoms. The molecule has 108 valence electrons. The van der Waals surface area contributed by atoms with E-state index in [4.69, 9.17) is 21.6 Å². The fourth-order valence-corrected chi connectivity index (χ4v) is 2.11. The fourth-order valence-electron chi connectivity index (χ4n) is 1.90. The van der Waals surface area contributed by atoms with E-state index in [0.717, 1.165) is 5.56 Å². The summed E-state index contributed by atoms with van der Waals surface area (Å²) >= 11 is 6.03. The van der Waals surface area contributed by atoms with Crippen LogP contribution in [-0.2, 0) is 6.54 Å². The third kappa shape index (κ3) is 3.80. The number of aromatic nitrogens is 3. The molecule has 0 atom stereocenters. The van der Waals surface area contributed by atoms with Gasteiger partial charge in [-0.3, -0.25) is 4.98 Å². The molecular weight excluding hydrogens is 290 g/mol. The van der Waals surface area contributed by atoms with Gasteiger partial charge in [0, 0.05) is 25.5 Å². The first-order valence-corrected chi connectivity index (χ1v) is 6.69. The molecule has 2 aromatic heterocycles. The van der Waals surface area contributed by atoms with Crippen LogP contribution in [0.3, 0.4) is 0 Å². The summed E-state index contributed by atoms with van der Waals surface area (Å²) in [4.78, 5) is 14.2. The van der Waals surface area contributed by atoms with Crippen molar-refractivity contribution in [2.75, 3.05) is 18.6 Å². The Labute approximate surface area is 128 Å². The van der Waals surface area contributed by atoms with Crippen molar-refractivity contribution in [1.82, 2.24) is 15.0 Å². The number of nitrogens with zero attached hydrogens (tertiary/aromatic N) is 5. The summed E-state index contributed by atoms with van der Waals surface area (Å²) in [5, 5.41) is 9.08. The number of methoxy groups -OCH3 is 1. The second-order valence-electron chi connectivity index (χ2n) is 4.21. The molecule has 6 nitrogen and oxygen atoms in total. The molecule has 0 aliphatic carbocycles. The number of hydrogen-bond acceptors (Lipinski definition) is 6. The molecule has 0 amide bonds. The van der Waals surface area contributed by atoms with E-state index >= 15 is 0 Å². The summed E-state index contributed by atoms with van der Waals surface area (Å²) in [6, 6.07) is 5.95. The van der Waals surface area contributed by atoms with Gasteiger partial charge in [-0.05, 0) is 11.6 Å². The van der Waals surface area contributed by atoms with Gasteiger partial charge in [0.05, 0.1) is 19.6 Å². The Morgan fingerprint density at radius 3 is 2.95 bits per heavy atom. The molecule has 7 heteroatoms. The number of hydrogen-bond donors (Lipinski definition) is 0. The minimum Gasteiger partial charge on any atom is -0.490 e. The summed E-state index contributed by atoms with van der Waals surface area (Å²) < 4.78 is 5.28. The molecule has 2 rings (SSSR count). The lowest BCUT2D eigenvalue weighted by atomic mass is 10.2. The van der Waals surface area contributed by atoms with Crippen molar-refractivity contribution >= 4 is 17.4 Å². The van der Waals surface area contributed by atoms with Crippen molar-refractivity contribution in [3.05, 3.63) is 41.6 Å². The van der Waals surface area contributed by atoms with E-state index < -0.39 is 0 Å². The van der Waals surface area contributed by atoms with Gasteiger partial charge in [0.25, 0.3) is 0 Å². The van der Waals surface area contributed by atoms with E-state index in [2.05, 4.69) is 21.0 Å². The molecule has 0 bridgehead atoms. The zero-order chi connectivity index (χ0) is 15.1. The lowest BCUT2D eigenvalue weighted by molar-refractivity contribution is 0.410. The van der Waals surface area contributed by atoms with Gasteiger partial charge in [-0.2, -0.15) is 5.26 Å². The van der Waals surface area contributed by atoms with Gasteiger partial charge < -0.3 is 9.64 Å². The van der Waals surface area contributed by atoms with Crippen molar-refractivity contribution in [3.8, 4) is 11.8 Å². The quantitative estimate of drug-likeness (QED) is 0.763. The summed E-state index contributed by atoms with van der Waals surface area (Å²) in [6.07, 6.45) is 5.23. The maximum Gasteiger partial charge on any atom is 0.199 e. The number of rotatable bonds is 6. The Morgan fingerprint density at radius 2 is 2.29 bits per heavy atom. The highest BCUT2D eigenvalue weighted by atomic mass is 35.5. The van der Waals surface area contributed by atoms with Crippen LogP contribution in [0.4, 0.5) is 5.82 Å². The number of halogens is 1. The molecule has 2 heterocycles. The lowest BCUT2D eigenvalue weighted by Gasteiger charge is -2.24. The highest BCUT2D eigenvalue weighted by Crippen LogP contribution is 2.32. The first-order valence-electron chi connectivity index (χ1n) is 6.31. The zero-order valence-corrected chi connectivity index (χ0v) is 12.3. The summed E-state index contributed by atoms with van der Waals surface area (Å²) in [7, 11) is 1.51. The van der Waals surface area contributed by atoms with Gasteiger partial charge in [-0.1, -0.05) is 17.7 Å². The van der Waals surface area contributed by atoms with E-state index in [1.807, 2.05) is 17.0 Å². The second kappa shape index (κ2) is 7.41. The Kier molecular flexibility index (Phi) is 5.29. The zero-order valence-electron chi connectivity index (χ0n) is 11.5. The van der Waals surface area contributed by atoms with Crippen LogP contribution >= 0.6 is 11.6 Å². The number of anilines is 1. The van der Waals surface area contributed by atoms with E-state index in [1.54, 1.807) is 12.4 Å². The largest absolute Gasteiger partial charge is 0.490 e. The topological polar surface area (TPSA) is 74.9 Å². The molecule has 0 radical (unpaired) electrons. The van der Waals surface area contributed by atoms with Crippen molar-refractivity contribution in [3.63, 3.8) is 0 Å². The smallest absolute Gasteiger partial charge is 0.199 e. The SMILES string of the molecule is COc1c(Cl)ncnc1N(CCC#N)Cc1cccnc1. The molecule has 0 aliphatic heterocycles. The van der Waals surface area contributed by atoms with Crippen LogP contribution in [0.25, 0.3) is 0 Å². The number of pyridine rings is 1. The molecule has 0 aromatic carbocycles. The number of nitriles is 1. The van der Waals surface area contributed by atoms with Gasteiger partial charge in [-0.25, -0.2) is 9.97 Å². The van der Waals surface area contributed by atoms with Crippen molar-refractivity contribution < 1.29 is 4.74 Å². The van der Waals surface area contributed by atoms with E-state index in [0.29, 0.717) is 31.1 Å². The molecule has 0 aliphatic rings. The standard InChI is InChI=1S/C14H14ClN5O/c1-21-12-13(15)18-10-19-14(12)20(7-3-5-16)9-11-4-2-6-17-8-11/h2,4,6,8,10H,3,7,9H2,1H3. The Bertz CT molecular complexity index is 629. The van der Waals surface area contributed by atoms with E-state index in [1.165, 1.54) is 13.4 Å². The third-order valence-corrected chi connectivity index (χ3v) is 3.10. The predicted molar refractivity (Wildman–Crippen MR) is 79.1 cm³/mol. The Hall–Kier alpha value is -2.39. The summed E-state index contributed by atoms with van der Waals surface area (Å²) in [6.45, 7) is 1.06. The van der Waals surface area contributed by atoms with Crippen molar-refractivity contribution in [1.29, 1.82) is 5.26 Å². The Morgan fingerprint density at radius 1 is 1.43 bits per heavy atom. The summed E-state index contributed by atoms with van der Waals surface area (Å²) in [5.41, 5.74) is 1.01. The van der Waals surface area contributed by atoms with Gasteiger partial charge >= 0.3 is 0 Å². The van der Waals surface area contributed by atoms with E-state index in [-0.39, 0.29) is 5.15 Å². The van der Waals surface area contributed by atoms with Crippen LogP contribution in [0, 0.1) is 11.3 Å². The second-order valence-corrected chi connectivity index (χ2v) is 4.57. The fraction of sp³-hybridized carbons (Fsp3) is 0.286. The molecule has 0 saturated heterocycles. The highest BCUT2D eigenvalue weighted by molar-refractivity contribution is 6.31. The van der Waals surface area contributed by atoms with Crippen LogP contribution in [0.15, 0.2) is 30.9 Å². The average molecular weight is 304 g/mol. The average Bonchev–Trinajstić information content (AvgIpc) is 2.52. The van der Waals surface area contributed by atoms with Gasteiger partial charge in [0.15, 0.2) is 16.7 Å². The minimum absolute atomic E-state index is 0.246. The lowest BCUT2D eigenvalue weighted by Crippen LogP contribution is -2.25. The van der Waals surface area contributed by atoms with Crippen LogP contribution in [0.2, 0.25) is 5.15 Å². The van der Waals surface area contributed by atoms with E-state index in [9.17, 15) is 0 Å². The van der Waals surface area contributed by atoms with Crippen molar-refractivity contribution in [2.24, 2.45) is 0 Å². The minimum atomic E-state index is 0.246. The van der Waals surface area contributed by atoms with Gasteiger partial charge in [0.1, 0.15) is 6.33 Å². The predicted octanol–water partition coefficient (Wildman–Crippen LogP) is 2.45. The first kappa shape index (κ1) is 15.0. The molecule has 21 heavy (non-hydrogen) atoms. The third-order valence-electron chi connectivity index (χ3n) is 2.83. The van der Waals surface area contributed by atoms with Crippen LogP contribution in [0.1, 0.15) is 12.0 Å². The summed E-state index contributed by atoms with van der Waals surface area (Å²) in [5.74, 6) is 0.970. The Balaban J connectivity index is 2.32. The highest BCUT2D eigenvalue weighted by Gasteiger charge is 2.17. The van der Waals surface area contributed by atoms with Crippen molar-refractivity contribution in [2.45, 2.75) is 13.0 Å².